The Morgan fingerprint density at radius 2 is 2.15 bits per heavy atom. The van der Waals surface area contributed by atoms with Crippen molar-refractivity contribution in [3.8, 4) is 0 Å². The number of aliphatic imine (C=N–C) groups is 1. The van der Waals surface area contributed by atoms with Crippen molar-refractivity contribution in [2.24, 2.45) is 4.99 Å². The molecule has 0 atom stereocenters. The fraction of sp³-hybridized carbons (Fsp3) is 0.300. The van der Waals surface area contributed by atoms with Crippen LogP contribution < -0.4 is 0 Å². The summed E-state index contributed by atoms with van der Waals surface area (Å²) in [6, 6.07) is 10.8. The van der Waals surface area contributed by atoms with Gasteiger partial charge in [0.25, 0.3) is 0 Å². The van der Waals surface area contributed by atoms with Gasteiger partial charge in [-0.3, -0.25) is 5.67 Å². The van der Waals surface area contributed by atoms with Gasteiger partial charge < -0.3 is 16.6 Å². The summed E-state index contributed by atoms with van der Waals surface area (Å²) in [7, 11) is 0. The molecule has 0 heterocycles. The molecule has 0 N–H and O–H groups in total. The van der Waals surface area contributed by atoms with E-state index in [0.717, 1.165) is 5.56 Å². The van der Waals surface area contributed by atoms with E-state index < -0.39 is 0 Å². The summed E-state index contributed by atoms with van der Waals surface area (Å²) in [5, 5.41) is 0. The first kappa shape index (κ1) is 13.3. The molecular formula is C10H10ClNY-2. The third kappa shape index (κ3) is 3.89. The molecule has 1 aromatic rings. The topological polar surface area (TPSA) is 12.4 Å². The molecule has 0 fully saturated rings. The van der Waals surface area contributed by atoms with Crippen molar-refractivity contribution in [1.29, 1.82) is 0 Å². The monoisotopic (exact) mass is 268 g/mol. The second-order valence-corrected chi connectivity index (χ2v) is 3.20. The Morgan fingerprint density at radius 3 is 2.62 bits per heavy atom. The molecule has 1 radical (unpaired) electrons. The minimum atomic E-state index is -0.330. The molecule has 67 valence electrons. The summed E-state index contributed by atoms with van der Waals surface area (Å²) in [6.07, 6.45) is 0. The fourth-order valence-electron chi connectivity index (χ4n) is 0.940. The Labute approximate surface area is 109 Å². The maximum atomic E-state index is 5.31. The van der Waals surface area contributed by atoms with Crippen LogP contribution in [0.15, 0.2) is 29.3 Å². The SMILES string of the molecule is CC(C)(N=[C-]Cl)c1[c-]cccc1.[Y]. The quantitative estimate of drug-likeness (QED) is 0.578. The molecule has 1 aromatic carbocycles. The number of halogens is 1. The van der Waals surface area contributed by atoms with E-state index in [1.807, 2.05) is 38.1 Å². The van der Waals surface area contributed by atoms with Crippen molar-refractivity contribution < 1.29 is 32.7 Å². The molecule has 0 amide bonds. The van der Waals surface area contributed by atoms with Gasteiger partial charge in [0.15, 0.2) is 0 Å². The van der Waals surface area contributed by atoms with Gasteiger partial charge in [-0.25, -0.2) is 0 Å². The first-order chi connectivity index (χ1) is 5.67. The third-order valence-electron chi connectivity index (χ3n) is 1.69. The van der Waals surface area contributed by atoms with Crippen molar-refractivity contribution in [2.45, 2.75) is 19.4 Å². The maximum absolute atomic E-state index is 5.31. The molecule has 0 spiro atoms. The van der Waals surface area contributed by atoms with E-state index in [0.29, 0.717) is 0 Å². The van der Waals surface area contributed by atoms with Gasteiger partial charge in [-0.05, 0) is 13.8 Å². The molecule has 0 aliphatic rings. The second kappa shape index (κ2) is 5.90. The predicted octanol–water partition coefficient (Wildman–Crippen LogP) is 2.86. The molecule has 0 bridgehead atoms. The van der Waals surface area contributed by atoms with Gasteiger partial charge in [0.05, 0.1) is 0 Å². The third-order valence-corrected chi connectivity index (χ3v) is 1.77. The zero-order valence-electron chi connectivity index (χ0n) is 7.71. The molecule has 0 unspecified atom stereocenters. The van der Waals surface area contributed by atoms with Crippen LogP contribution in [0.3, 0.4) is 0 Å². The minimum absolute atomic E-state index is 0. The van der Waals surface area contributed by atoms with Gasteiger partial charge in [-0.1, -0.05) is 0 Å². The van der Waals surface area contributed by atoms with Crippen molar-refractivity contribution in [2.75, 3.05) is 0 Å². The second-order valence-electron chi connectivity index (χ2n) is 3.03. The summed E-state index contributed by atoms with van der Waals surface area (Å²) in [5.41, 5.74) is 2.97. The molecule has 13 heavy (non-hydrogen) atoms. The van der Waals surface area contributed by atoms with Crippen LogP contribution in [-0.4, -0.2) is 5.67 Å². The molecule has 0 aliphatic carbocycles. The zero-order valence-corrected chi connectivity index (χ0v) is 11.3. The number of hydrogen-bond donors (Lipinski definition) is 0. The van der Waals surface area contributed by atoms with Gasteiger partial charge in [0.2, 0.25) is 0 Å². The van der Waals surface area contributed by atoms with Crippen LogP contribution in [-0.2, 0) is 38.2 Å². The standard InChI is InChI=1S/C10H10ClN.Y/c1-10(2,12-8-11)9-6-4-3-5-7-9;/h3-6H,1-2H3;/q-2;. The molecular weight excluding hydrogens is 258 g/mol. The molecule has 3 heteroatoms. The summed E-state index contributed by atoms with van der Waals surface area (Å²) in [4.78, 5) is 4.01. The van der Waals surface area contributed by atoms with E-state index in [-0.39, 0.29) is 38.2 Å². The van der Waals surface area contributed by atoms with Crippen molar-refractivity contribution in [3.05, 3.63) is 35.9 Å². The normalized spacial score (nSPS) is 11.3. The van der Waals surface area contributed by atoms with Crippen LogP contribution in [0.5, 0.6) is 0 Å². The fourth-order valence-corrected chi connectivity index (χ4v) is 1.15. The van der Waals surface area contributed by atoms with Crippen molar-refractivity contribution in [1.82, 2.24) is 0 Å². The Balaban J connectivity index is 0.00000144. The molecule has 0 saturated carbocycles. The Hall–Kier alpha value is 0.284. The average molecular weight is 269 g/mol. The smallest absolute Gasteiger partial charge is 0.0212 e. The molecule has 1 nitrogen and oxygen atoms in total. The van der Waals surface area contributed by atoms with Gasteiger partial charge in [0.1, 0.15) is 0 Å². The number of nitrogens with zero attached hydrogens (tertiary/aromatic N) is 1. The van der Waals surface area contributed by atoms with Gasteiger partial charge in [-0.2, -0.15) is 30.3 Å². The maximum Gasteiger partial charge on any atom is 0.0212 e. The first-order valence-corrected chi connectivity index (χ1v) is 4.09. The Morgan fingerprint density at radius 1 is 1.46 bits per heavy atom. The Kier molecular flexibility index (Phi) is 6.03. The van der Waals surface area contributed by atoms with Crippen molar-refractivity contribution in [3.63, 3.8) is 0 Å². The van der Waals surface area contributed by atoms with E-state index in [4.69, 9.17) is 11.6 Å². The van der Waals surface area contributed by atoms with Crippen LogP contribution in [0.1, 0.15) is 19.4 Å². The largest absolute Gasteiger partial charge is 0.481 e. The average Bonchev–Trinajstić information content (AvgIpc) is 2.06. The molecule has 0 saturated heterocycles. The number of rotatable bonds is 2. The first-order valence-electron chi connectivity index (χ1n) is 3.71. The number of hydrogen-bond acceptors (Lipinski definition) is 1. The van der Waals surface area contributed by atoms with E-state index in [2.05, 4.69) is 16.7 Å². The van der Waals surface area contributed by atoms with Gasteiger partial charge in [0, 0.05) is 38.2 Å². The van der Waals surface area contributed by atoms with E-state index >= 15 is 0 Å². The zero-order chi connectivity index (χ0) is 9.03. The van der Waals surface area contributed by atoms with Crippen molar-refractivity contribution >= 4 is 17.3 Å². The van der Waals surface area contributed by atoms with E-state index in [1.165, 1.54) is 0 Å². The molecule has 0 aromatic heterocycles. The summed E-state index contributed by atoms with van der Waals surface area (Å²) in [6.45, 7) is 3.93. The number of benzene rings is 1. The van der Waals surface area contributed by atoms with E-state index in [1.54, 1.807) is 0 Å². The molecule has 1 rings (SSSR count). The van der Waals surface area contributed by atoms with Crippen LogP contribution in [0.25, 0.3) is 0 Å². The summed E-state index contributed by atoms with van der Waals surface area (Å²) >= 11 is 5.31. The Bertz CT molecular complexity index is 270. The van der Waals surface area contributed by atoms with E-state index in [9.17, 15) is 0 Å². The summed E-state index contributed by atoms with van der Waals surface area (Å²) in [5.74, 6) is 0. The van der Waals surface area contributed by atoms with Crippen LogP contribution in [0.2, 0.25) is 0 Å². The van der Waals surface area contributed by atoms with Crippen LogP contribution in [0, 0.1) is 6.07 Å². The minimum Gasteiger partial charge on any atom is -0.481 e. The summed E-state index contributed by atoms with van der Waals surface area (Å²) < 4.78 is 0. The van der Waals surface area contributed by atoms with Crippen LogP contribution in [0.4, 0.5) is 0 Å². The predicted molar refractivity (Wildman–Crippen MR) is 51.6 cm³/mol. The molecule has 0 aliphatic heterocycles. The van der Waals surface area contributed by atoms with Crippen LogP contribution >= 0.6 is 11.6 Å². The van der Waals surface area contributed by atoms with Gasteiger partial charge >= 0.3 is 0 Å². The van der Waals surface area contributed by atoms with Gasteiger partial charge in [-0.15, -0.1) is 5.56 Å².